The lowest BCUT2D eigenvalue weighted by molar-refractivity contribution is -0.138. The molecule has 1 unspecified atom stereocenters. The van der Waals surface area contributed by atoms with Crippen molar-refractivity contribution in [1.82, 2.24) is 15.1 Å². The molecule has 1 atom stereocenters. The zero-order valence-electron chi connectivity index (χ0n) is 12.8. The molecule has 0 aromatic rings. The lowest BCUT2D eigenvalue weighted by Gasteiger charge is -2.26. The summed E-state index contributed by atoms with van der Waals surface area (Å²) >= 11 is 0. The predicted octanol–water partition coefficient (Wildman–Crippen LogP) is 1.22. The van der Waals surface area contributed by atoms with Crippen molar-refractivity contribution in [1.29, 1.82) is 0 Å². The number of urea groups is 1. The van der Waals surface area contributed by atoms with Gasteiger partial charge in [-0.25, -0.2) is 4.79 Å². The van der Waals surface area contributed by atoms with E-state index in [0.29, 0.717) is 12.5 Å². The second-order valence-electron chi connectivity index (χ2n) is 5.91. The van der Waals surface area contributed by atoms with Crippen molar-refractivity contribution in [2.45, 2.75) is 39.7 Å². The topological polar surface area (TPSA) is 72.9 Å². The zero-order chi connectivity index (χ0) is 15.1. The van der Waals surface area contributed by atoms with E-state index in [1.54, 1.807) is 0 Å². The summed E-state index contributed by atoms with van der Waals surface area (Å²) in [5.41, 5.74) is 0. The van der Waals surface area contributed by atoms with E-state index in [4.69, 9.17) is 5.11 Å². The molecule has 1 rings (SSSR count). The number of nitrogens with one attached hydrogen (secondary N) is 1. The highest BCUT2D eigenvalue weighted by molar-refractivity contribution is 5.80. The lowest BCUT2D eigenvalue weighted by atomic mass is 10.1. The number of aliphatic carboxylic acids is 1. The zero-order valence-corrected chi connectivity index (χ0v) is 12.8. The number of hydrogen-bond acceptors (Lipinski definition) is 3. The molecule has 1 aliphatic rings. The number of hydrogen-bond donors (Lipinski definition) is 2. The van der Waals surface area contributed by atoms with E-state index in [0.717, 1.165) is 19.6 Å². The molecule has 2 amide bonds. The summed E-state index contributed by atoms with van der Waals surface area (Å²) in [6.45, 7) is 9.34. The number of carbonyl (C=O) groups is 2. The third-order valence-corrected chi connectivity index (χ3v) is 3.56. The van der Waals surface area contributed by atoms with Crippen molar-refractivity contribution in [3.8, 4) is 0 Å². The van der Waals surface area contributed by atoms with Gasteiger partial charge in [0.05, 0.1) is 0 Å². The van der Waals surface area contributed by atoms with Crippen LogP contribution in [-0.4, -0.2) is 65.7 Å². The number of carbonyl (C=O) groups excluding carboxylic acids is 1. The molecule has 1 fully saturated rings. The van der Waals surface area contributed by atoms with Gasteiger partial charge in [0, 0.05) is 19.1 Å². The van der Waals surface area contributed by atoms with Gasteiger partial charge < -0.3 is 20.2 Å². The minimum absolute atomic E-state index is 0.125. The molecule has 0 saturated carbocycles. The number of carboxylic acids is 1. The molecule has 6 heteroatoms. The standard InChI is InChI=1S/C14H27N3O3/c1-11(2)17(10-13(18)19)14(20)15-8-12(3)9-16-6-4-5-7-16/h11-12H,4-10H2,1-3H3,(H,15,20)(H,18,19). The minimum atomic E-state index is -0.987. The first kappa shape index (κ1) is 16.8. The SMILES string of the molecule is CC(CNC(=O)N(CC(=O)O)C(C)C)CN1CCCC1. The molecule has 0 aliphatic carbocycles. The van der Waals surface area contributed by atoms with Crippen LogP contribution in [0.25, 0.3) is 0 Å². The van der Waals surface area contributed by atoms with Gasteiger partial charge in [0.1, 0.15) is 6.54 Å². The van der Waals surface area contributed by atoms with Gasteiger partial charge in [0.25, 0.3) is 0 Å². The second-order valence-corrected chi connectivity index (χ2v) is 5.91. The van der Waals surface area contributed by atoms with Gasteiger partial charge in [-0.1, -0.05) is 6.92 Å². The first-order chi connectivity index (χ1) is 9.40. The summed E-state index contributed by atoms with van der Waals surface area (Å²) in [6.07, 6.45) is 2.53. The van der Waals surface area contributed by atoms with E-state index < -0.39 is 5.97 Å². The van der Waals surface area contributed by atoms with Crippen LogP contribution in [0.5, 0.6) is 0 Å². The first-order valence-corrected chi connectivity index (χ1v) is 7.38. The Bertz CT molecular complexity index is 328. The van der Waals surface area contributed by atoms with Crippen LogP contribution < -0.4 is 5.32 Å². The van der Waals surface area contributed by atoms with Crippen LogP contribution >= 0.6 is 0 Å². The van der Waals surface area contributed by atoms with E-state index >= 15 is 0 Å². The van der Waals surface area contributed by atoms with Crippen LogP contribution in [0.4, 0.5) is 4.79 Å². The average molecular weight is 285 g/mol. The number of nitrogens with zero attached hydrogens (tertiary/aromatic N) is 2. The lowest BCUT2D eigenvalue weighted by Crippen LogP contribution is -2.48. The molecule has 2 N–H and O–H groups in total. The molecule has 1 heterocycles. The normalized spacial score (nSPS) is 17.2. The molecule has 20 heavy (non-hydrogen) atoms. The van der Waals surface area contributed by atoms with Crippen LogP contribution in [0.3, 0.4) is 0 Å². The Morgan fingerprint density at radius 2 is 1.85 bits per heavy atom. The fourth-order valence-corrected chi connectivity index (χ4v) is 2.47. The molecule has 0 bridgehead atoms. The van der Waals surface area contributed by atoms with E-state index in [2.05, 4.69) is 17.1 Å². The van der Waals surface area contributed by atoms with Crippen molar-refractivity contribution < 1.29 is 14.7 Å². The maximum absolute atomic E-state index is 12.0. The van der Waals surface area contributed by atoms with Crippen molar-refractivity contribution in [3.05, 3.63) is 0 Å². The molecule has 1 aliphatic heterocycles. The average Bonchev–Trinajstić information content (AvgIpc) is 2.85. The molecule has 116 valence electrons. The quantitative estimate of drug-likeness (QED) is 0.738. The van der Waals surface area contributed by atoms with Crippen molar-refractivity contribution in [2.75, 3.05) is 32.7 Å². The second kappa shape index (κ2) is 8.09. The third-order valence-electron chi connectivity index (χ3n) is 3.56. The molecular weight excluding hydrogens is 258 g/mol. The van der Waals surface area contributed by atoms with Gasteiger partial charge in [-0.2, -0.15) is 0 Å². The summed E-state index contributed by atoms with van der Waals surface area (Å²) in [5, 5.41) is 11.7. The molecule has 0 spiro atoms. The number of amides is 2. The van der Waals surface area contributed by atoms with Crippen LogP contribution in [0.2, 0.25) is 0 Å². The van der Waals surface area contributed by atoms with Gasteiger partial charge in [-0.3, -0.25) is 4.79 Å². The predicted molar refractivity (Wildman–Crippen MR) is 77.7 cm³/mol. The van der Waals surface area contributed by atoms with Crippen molar-refractivity contribution in [2.24, 2.45) is 5.92 Å². The van der Waals surface area contributed by atoms with Crippen LogP contribution in [-0.2, 0) is 4.79 Å². The first-order valence-electron chi connectivity index (χ1n) is 7.38. The van der Waals surface area contributed by atoms with E-state index in [1.165, 1.54) is 17.7 Å². The maximum atomic E-state index is 12.0. The minimum Gasteiger partial charge on any atom is -0.480 e. The monoisotopic (exact) mass is 285 g/mol. The molecule has 0 aromatic carbocycles. The summed E-state index contributed by atoms with van der Waals surface area (Å²) in [4.78, 5) is 26.5. The Labute approximate surface area is 121 Å². The summed E-state index contributed by atoms with van der Waals surface area (Å²) in [6, 6.07) is -0.421. The number of carboxylic acid groups (broad SMARTS) is 1. The highest BCUT2D eigenvalue weighted by Gasteiger charge is 2.20. The molecule has 1 saturated heterocycles. The summed E-state index contributed by atoms with van der Waals surface area (Å²) in [5.74, 6) is -0.616. The van der Waals surface area contributed by atoms with Gasteiger partial charge in [0.15, 0.2) is 0 Å². The largest absolute Gasteiger partial charge is 0.480 e. The highest BCUT2D eigenvalue weighted by atomic mass is 16.4. The van der Waals surface area contributed by atoms with Crippen molar-refractivity contribution >= 4 is 12.0 Å². The van der Waals surface area contributed by atoms with E-state index in [9.17, 15) is 9.59 Å². The maximum Gasteiger partial charge on any atom is 0.323 e. The van der Waals surface area contributed by atoms with Crippen LogP contribution in [0.15, 0.2) is 0 Å². The van der Waals surface area contributed by atoms with E-state index in [-0.39, 0.29) is 18.6 Å². The van der Waals surface area contributed by atoms with Crippen molar-refractivity contribution in [3.63, 3.8) is 0 Å². The highest BCUT2D eigenvalue weighted by Crippen LogP contribution is 2.09. The fourth-order valence-electron chi connectivity index (χ4n) is 2.47. The van der Waals surface area contributed by atoms with E-state index in [1.807, 2.05) is 13.8 Å². The van der Waals surface area contributed by atoms with Gasteiger partial charge in [0.2, 0.25) is 0 Å². The Balaban J connectivity index is 2.33. The molecule has 6 nitrogen and oxygen atoms in total. The number of rotatable bonds is 7. The fraction of sp³-hybridized carbons (Fsp3) is 0.857. The Hall–Kier alpha value is -1.30. The van der Waals surface area contributed by atoms with Gasteiger partial charge in [-0.15, -0.1) is 0 Å². The summed E-state index contributed by atoms with van der Waals surface area (Å²) < 4.78 is 0. The Morgan fingerprint density at radius 3 is 2.35 bits per heavy atom. The number of likely N-dealkylation sites (tertiary alicyclic amines) is 1. The van der Waals surface area contributed by atoms with Crippen LogP contribution in [0, 0.1) is 5.92 Å². The smallest absolute Gasteiger partial charge is 0.323 e. The third kappa shape index (κ3) is 5.77. The molecule has 0 aromatic heterocycles. The van der Waals surface area contributed by atoms with Gasteiger partial charge >= 0.3 is 12.0 Å². The van der Waals surface area contributed by atoms with Gasteiger partial charge in [-0.05, 0) is 45.7 Å². The van der Waals surface area contributed by atoms with Crippen LogP contribution in [0.1, 0.15) is 33.6 Å². The molecular formula is C14H27N3O3. The summed E-state index contributed by atoms with van der Waals surface area (Å²) in [7, 11) is 0. The Kier molecular flexibility index (Phi) is 6.78. The Morgan fingerprint density at radius 1 is 1.25 bits per heavy atom. The molecule has 0 radical (unpaired) electrons.